The molecule has 2 rings (SSSR count). The van der Waals surface area contributed by atoms with Gasteiger partial charge in [0.2, 0.25) is 0 Å². The molecule has 7 heteroatoms. The molecule has 1 unspecified atom stereocenters. The fraction of sp³-hybridized carbons (Fsp3) is 0.238. The molecule has 2 aromatic carbocycles. The average Bonchev–Trinajstić information content (AvgIpc) is 2.70. The van der Waals surface area contributed by atoms with Gasteiger partial charge >= 0.3 is 18.1 Å². The Hall–Kier alpha value is -3.09. The van der Waals surface area contributed by atoms with Gasteiger partial charge in [-0.2, -0.15) is 13.2 Å². The smallest absolute Gasteiger partial charge is 0.416 e. The molecule has 0 saturated carbocycles. The first-order valence-corrected chi connectivity index (χ1v) is 8.34. The van der Waals surface area contributed by atoms with E-state index in [0.29, 0.717) is 5.56 Å². The van der Waals surface area contributed by atoms with Crippen LogP contribution in [0.5, 0.6) is 0 Å². The molecule has 0 aliphatic carbocycles. The van der Waals surface area contributed by atoms with E-state index in [-0.39, 0.29) is 0 Å². The van der Waals surface area contributed by atoms with Gasteiger partial charge in [0.1, 0.15) is 0 Å². The first-order valence-electron chi connectivity index (χ1n) is 8.34. The largest absolute Gasteiger partial charge is 0.468 e. The number of esters is 2. The molecule has 0 aliphatic rings. The highest BCUT2D eigenvalue weighted by atomic mass is 19.4. The Morgan fingerprint density at radius 1 is 0.893 bits per heavy atom. The summed E-state index contributed by atoms with van der Waals surface area (Å²) in [7, 11) is 2.26. The summed E-state index contributed by atoms with van der Waals surface area (Å²) in [6, 6.07) is 13.4. The fourth-order valence-corrected chi connectivity index (χ4v) is 2.73. The first-order chi connectivity index (χ1) is 13.3. The quantitative estimate of drug-likeness (QED) is 0.538. The molecular formula is C21H19F3O4. The van der Waals surface area contributed by atoms with Crippen LogP contribution < -0.4 is 0 Å². The van der Waals surface area contributed by atoms with Crippen LogP contribution >= 0.6 is 0 Å². The SMILES string of the molecule is COC(=O)C(C(=O)OC)C(/C=C/c1ccccc1)c1ccc(C(F)(F)F)cc1. The molecule has 4 nitrogen and oxygen atoms in total. The van der Waals surface area contributed by atoms with E-state index in [4.69, 9.17) is 9.47 Å². The minimum Gasteiger partial charge on any atom is -0.468 e. The van der Waals surface area contributed by atoms with Crippen molar-refractivity contribution in [1.82, 2.24) is 0 Å². The van der Waals surface area contributed by atoms with Crippen LogP contribution in [0.3, 0.4) is 0 Å². The van der Waals surface area contributed by atoms with Gasteiger partial charge in [0.05, 0.1) is 19.8 Å². The Labute approximate surface area is 160 Å². The molecule has 0 aliphatic heterocycles. The van der Waals surface area contributed by atoms with Crippen molar-refractivity contribution in [2.24, 2.45) is 5.92 Å². The molecule has 0 saturated heterocycles. The topological polar surface area (TPSA) is 52.6 Å². The minimum atomic E-state index is -4.49. The van der Waals surface area contributed by atoms with E-state index < -0.39 is 35.5 Å². The molecule has 28 heavy (non-hydrogen) atoms. The van der Waals surface area contributed by atoms with E-state index in [9.17, 15) is 22.8 Å². The summed E-state index contributed by atoms with van der Waals surface area (Å²) < 4.78 is 48.0. The summed E-state index contributed by atoms with van der Waals surface area (Å²) in [6.45, 7) is 0. The second kappa shape index (κ2) is 9.21. The van der Waals surface area contributed by atoms with Crippen molar-refractivity contribution < 1.29 is 32.2 Å². The molecule has 0 aromatic heterocycles. The van der Waals surface area contributed by atoms with Gasteiger partial charge < -0.3 is 9.47 Å². The van der Waals surface area contributed by atoms with Crippen molar-refractivity contribution in [2.75, 3.05) is 14.2 Å². The van der Waals surface area contributed by atoms with Crippen molar-refractivity contribution in [3.05, 3.63) is 77.4 Å². The first kappa shape index (κ1) is 21.2. The van der Waals surface area contributed by atoms with E-state index in [1.807, 2.05) is 30.3 Å². The summed E-state index contributed by atoms with van der Waals surface area (Å²) in [6.07, 6.45) is -1.23. The lowest BCUT2D eigenvalue weighted by Gasteiger charge is -2.21. The molecule has 2 aromatic rings. The lowest BCUT2D eigenvalue weighted by Crippen LogP contribution is -2.31. The number of methoxy groups -OCH3 is 2. The van der Waals surface area contributed by atoms with Gasteiger partial charge in [0.15, 0.2) is 5.92 Å². The summed E-state index contributed by atoms with van der Waals surface area (Å²) in [5, 5.41) is 0. The number of hydrogen-bond donors (Lipinski definition) is 0. The van der Waals surface area contributed by atoms with Crippen LogP contribution in [0.15, 0.2) is 60.7 Å². The van der Waals surface area contributed by atoms with E-state index in [1.54, 1.807) is 12.2 Å². The third-order valence-corrected chi connectivity index (χ3v) is 4.19. The predicted octanol–water partition coefficient (Wildman–Crippen LogP) is 4.46. The number of alkyl halides is 3. The zero-order valence-electron chi connectivity index (χ0n) is 15.3. The van der Waals surface area contributed by atoms with E-state index in [2.05, 4.69) is 0 Å². The summed E-state index contributed by atoms with van der Waals surface area (Å²) in [5.41, 5.74) is 0.323. The van der Waals surface area contributed by atoms with Gasteiger partial charge in [-0.05, 0) is 23.3 Å². The number of rotatable bonds is 6. The monoisotopic (exact) mass is 392 g/mol. The number of carbonyl (C=O) groups is 2. The fourth-order valence-electron chi connectivity index (χ4n) is 2.73. The van der Waals surface area contributed by atoms with Crippen molar-refractivity contribution in [3.8, 4) is 0 Å². The van der Waals surface area contributed by atoms with Crippen molar-refractivity contribution in [3.63, 3.8) is 0 Å². The number of carbonyl (C=O) groups excluding carboxylic acids is 2. The molecule has 0 bridgehead atoms. The zero-order chi connectivity index (χ0) is 20.7. The lowest BCUT2D eigenvalue weighted by molar-refractivity contribution is -0.159. The summed E-state index contributed by atoms with van der Waals surface area (Å²) in [5.74, 6) is -3.90. The van der Waals surface area contributed by atoms with Gasteiger partial charge in [0.25, 0.3) is 0 Å². The van der Waals surface area contributed by atoms with Crippen LogP contribution in [0.2, 0.25) is 0 Å². The van der Waals surface area contributed by atoms with Crippen LogP contribution in [-0.2, 0) is 25.2 Å². The predicted molar refractivity (Wildman–Crippen MR) is 97.2 cm³/mol. The Balaban J connectivity index is 2.49. The Bertz CT molecular complexity index is 811. The molecule has 0 fully saturated rings. The van der Waals surface area contributed by atoms with Crippen LogP contribution in [0.1, 0.15) is 22.6 Å². The second-order valence-electron chi connectivity index (χ2n) is 5.94. The molecule has 0 radical (unpaired) electrons. The highest BCUT2D eigenvalue weighted by Crippen LogP contribution is 2.33. The van der Waals surface area contributed by atoms with Gasteiger partial charge in [-0.1, -0.05) is 54.6 Å². The van der Waals surface area contributed by atoms with Crippen molar-refractivity contribution >= 4 is 18.0 Å². The number of ether oxygens (including phenoxy) is 2. The van der Waals surface area contributed by atoms with E-state index in [1.165, 1.54) is 12.1 Å². The standard InChI is InChI=1S/C21H19F3O4/c1-27-19(25)18(20(26)28-2)17(13-8-14-6-4-3-5-7-14)15-9-11-16(12-10-15)21(22,23)24/h3-13,17-18H,1-2H3/b13-8+. The third kappa shape index (κ3) is 5.22. The molecule has 148 valence electrons. The van der Waals surface area contributed by atoms with Gasteiger partial charge in [-0.15, -0.1) is 0 Å². The second-order valence-corrected chi connectivity index (χ2v) is 5.94. The van der Waals surface area contributed by atoms with Crippen LogP contribution in [0.4, 0.5) is 13.2 Å². The minimum absolute atomic E-state index is 0.348. The van der Waals surface area contributed by atoms with Crippen molar-refractivity contribution in [2.45, 2.75) is 12.1 Å². The molecule has 0 N–H and O–H groups in total. The molecule has 0 amide bonds. The Morgan fingerprint density at radius 3 is 1.89 bits per heavy atom. The molecule has 0 heterocycles. The highest BCUT2D eigenvalue weighted by Gasteiger charge is 2.37. The average molecular weight is 392 g/mol. The van der Waals surface area contributed by atoms with Gasteiger partial charge in [-0.3, -0.25) is 9.59 Å². The summed E-state index contributed by atoms with van der Waals surface area (Å²) >= 11 is 0. The number of allylic oxidation sites excluding steroid dienone is 1. The summed E-state index contributed by atoms with van der Waals surface area (Å²) in [4.78, 5) is 24.5. The van der Waals surface area contributed by atoms with Crippen LogP contribution in [0, 0.1) is 5.92 Å². The normalized spacial score (nSPS) is 12.8. The number of halogens is 3. The lowest BCUT2D eigenvalue weighted by atomic mass is 9.84. The Kier molecular flexibility index (Phi) is 6.98. The van der Waals surface area contributed by atoms with E-state index >= 15 is 0 Å². The highest BCUT2D eigenvalue weighted by molar-refractivity contribution is 5.96. The number of hydrogen-bond acceptors (Lipinski definition) is 4. The maximum absolute atomic E-state index is 12.9. The molecule has 1 atom stereocenters. The van der Waals surface area contributed by atoms with Crippen molar-refractivity contribution in [1.29, 1.82) is 0 Å². The number of benzene rings is 2. The zero-order valence-corrected chi connectivity index (χ0v) is 15.3. The van der Waals surface area contributed by atoms with Gasteiger partial charge in [-0.25, -0.2) is 0 Å². The van der Waals surface area contributed by atoms with Gasteiger partial charge in [0, 0.05) is 5.92 Å². The molecule has 0 spiro atoms. The van der Waals surface area contributed by atoms with Crippen LogP contribution in [-0.4, -0.2) is 26.2 Å². The van der Waals surface area contributed by atoms with E-state index in [0.717, 1.165) is 31.9 Å². The van der Waals surface area contributed by atoms with Crippen LogP contribution in [0.25, 0.3) is 6.08 Å². The maximum atomic E-state index is 12.9. The maximum Gasteiger partial charge on any atom is 0.416 e. The molecular weight excluding hydrogens is 373 g/mol. The Morgan fingerprint density at radius 2 is 1.43 bits per heavy atom. The third-order valence-electron chi connectivity index (χ3n) is 4.19.